The number of anilines is 2. The standard InChI is InChI=1S/C19H19FN2O3/c1-3-17(23)22-16-12-14(10-11-15(16)20)21-19(24)18(25-4-2)13-8-6-5-7-9-13/h3,5-12,18H,1,4H2,2H3,(H,21,24)(H,22,23). The van der Waals surface area contributed by atoms with Crippen LogP contribution < -0.4 is 10.6 Å². The molecule has 0 spiro atoms. The maximum Gasteiger partial charge on any atom is 0.258 e. The monoisotopic (exact) mass is 342 g/mol. The molecule has 0 radical (unpaired) electrons. The Morgan fingerprint density at radius 3 is 2.56 bits per heavy atom. The molecule has 0 saturated carbocycles. The zero-order valence-electron chi connectivity index (χ0n) is 13.8. The van der Waals surface area contributed by atoms with Crippen molar-refractivity contribution in [2.75, 3.05) is 17.2 Å². The number of carbonyl (C=O) groups excluding carboxylic acids is 2. The Bertz CT molecular complexity index is 763. The van der Waals surface area contributed by atoms with E-state index in [2.05, 4.69) is 17.2 Å². The molecule has 1 atom stereocenters. The van der Waals surface area contributed by atoms with Crippen molar-refractivity contribution < 1.29 is 18.7 Å². The maximum absolute atomic E-state index is 13.8. The highest BCUT2D eigenvalue weighted by molar-refractivity contribution is 6.00. The third kappa shape index (κ3) is 4.99. The van der Waals surface area contributed by atoms with E-state index in [4.69, 9.17) is 4.74 Å². The van der Waals surface area contributed by atoms with Crippen molar-refractivity contribution in [2.24, 2.45) is 0 Å². The quantitative estimate of drug-likeness (QED) is 0.755. The Kier molecular flexibility index (Phi) is 6.42. The topological polar surface area (TPSA) is 67.4 Å². The Balaban J connectivity index is 2.19. The minimum atomic E-state index is -0.789. The van der Waals surface area contributed by atoms with Gasteiger partial charge in [0.15, 0.2) is 6.10 Å². The summed E-state index contributed by atoms with van der Waals surface area (Å²) in [5.41, 5.74) is 1.01. The second-order valence-electron chi connectivity index (χ2n) is 5.12. The molecule has 5 nitrogen and oxygen atoms in total. The van der Waals surface area contributed by atoms with E-state index >= 15 is 0 Å². The van der Waals surface area contributed by atoms with Crippen LogP contribution in [0.25, 0.3) is 0 Å². The zero-order valence-corrected chi connectivity index (χ0v) is 13.8. The van der Waals surface area contributed by atoms with E-state index in [0.29, 0.717) is 17.9 Å². The van der Waals surface area contributed by atoms with Crippen molar-refractivity contribution in [1.82, 2.24) is 0 Å². The molecule has 0 aliphatic heterocycles. The normalized spacial score (nSPS) is 11.4. The van der Waals surface area contributed by atoms with Gasteiger partial charge in [0.25, 0.3) is 5.91 Å². The van der Waals surface area contributed by atoms with Crippen LogP contribution in [0.15, 0.2) is 61.2 Å². The first-order valence-electron chi connectivity index (χ1n) is 7.75. The first-order valence-corrected chi connectivity index (χ1v) is 7.75. The molecule has 2 aromatic carbocycles. The van der Waals surface area contributed by atoms with Gasteiger partial charge < -0.3 is 15.4 Å². The lowest BCUT2D eigenvalue weighted by molar-refractivity contribution is -0.127. The summed E-state index contributed by atoms with van der Waals surface area (Å²) >= 11 is 0. The molecule has 25 heavy (non-hydrogen) atoms. The van der Waals surface area contributed by atoms with Gasteiger partial charge in [0.2, 0.25) is 5.91 Å². The largest absolute Gasteiger partial charge is 0.364 e. The molecule has 2 amide bonds. The van der Waals surface area contributed by atoms with E-state index in [1.807, 2.05) is 18.2 Å². The van der Waals surface area contributed by atoms with Crippen LogP contribution in [0.2, 0.25) is 0 Å². The van der Waals surface area contributed by atoms with Crippen molar-refractivity contribution in [3.05, 3.63) is 72.6 Å². The van der Waals surface area contributed by atoms with Crippen molar-refractivity contribution in [1.29, 1.82) is 0 Å². The summed E-state index contributed by atoms with van der Waals surface area (Å²) in [6, 6.07) is 13.0. The van der Waals surface area contributed by atoms with Gasteiger partial charge in [0.1, 0.15) is 5.82 Å². The van der Waals surface area contributed by atoms with E-state index in [1.54, 1.807) is 19.1 Å². The number of amides is 2. The van der Waals surface area contributed by atoms with E-state index in [0.717, 1.165) is 12.1 Å². The molecule has 0 fully saturated rings. The van der Waals surface area contributed by atoms with Crippen molar-refractivity contribution in [3.63, 3.8) is 0 Å². The number of nitrogens with one attached hydrogen (secondary N) is 2. The van der Waals surface area contributed by atoms with Gasteiger partial charge in [-0.25, -0.2) is 4.39 Å². The molecule has 130 valence electrons. The lowest BCUT2D eigenvalue weighted by atomic mass is 10.1. The molecule has 1 unspecified atom stereocenters. The first kappa shape index (κ1) is 18.4. The lowest BCUT2D eigenvalue weighted by Crippen LogP contribution is -2.23. The van der Waals surface area contributed by atoms with Gasteiger partial charge in [-0.15, -0.1) is 0 Å². The molecule has 0 bridgehead atoms. The number of halogens is 1. The van der Waals surface area contributed by atoms with Gasteiger partial charge >= 0.3 is 0 Å². The number of hydrogen-bond acceptors (Lipinski definition) is 3. The molecular weight excluding hydrogens is 323 g/mol. The SMILES string of the molecule is C=CC(=O)Nc1cc(NC(=O)C(OCC)c2ccccc2)ccc1F. The van der Waals surface area contributed by atoms with Gasteiger partial charge in [0.05, 0.1) is 5.69 Å². The summed E-state index contributed by atoms with van der Waals surface area (Å²) in [4.78, 5) is 23.9. The fourth-order valence-corrected chi connectivity index (χ4v) is 2.21. The van der Waals surface area contributed by atoms with E-state index in [1.165, 1.54) is 12.1 Å². The molecule has 0 saturated heterocycles. The molecule has 2 aromatic rings. The van der Waals surface area contributed by atoms with Crippen LogP contribution in [0.3, 0.4) is 0 Å². The number of hydrogen-bond donors (Lipinski definition) is 2. The van der Waals surface area contributed by atoms with Crippen molar-refractivity contribution >= 4 is 23.2 Å². The van der Waals surface area contributed by atoms with Crippen LogP contribution in [0.5, 0.6) is 0 Å². The second kappa shape index (κ2) is 8.75. The summed E-state index contributed by atoms with van der Waals surface area (Å²) in [6.07, 6.45) is 0.244. The Hall–Kier alpha value is -2.99. The predicted octanol–water partition coefficient (Wildman–Crippen LogP) is 3.67. The zero-order chi connectivity index (χ0) is 18.2. The highest BCUT2D eigenvalue weighted by Crippen LogP contribution is 2.23. The highest BCUT2D eigenvalue weighted by atomic mass is 19.1. The molecular formula is C19H19FN2O3. The Morgan fingerprint density at radius 1 is 1.20 bits per heavy atom. The maximum atomic E-state index is 13.8. The smallest absolute Gasteiger partial charge is 0.258 e. The molecule has 2 N–H and O–H groups in total. The lowest BCUT2D eigenvalue weighted by Gasteiger charge is -2.17. The summed E-state index contributed by atoms with van der Waals surface area (Å²) in [6.45, 7) is 5.47. The number of ether oxygens (including phenoxy) is 1. The summed E-state index contributed by atoms with van der Waals surface area (Å²) in [5, 5.41) is 5.02. The van der Waals surface area contributed by atoms with Crippen LogP contribution in [-0.4, -0.2) is 18.4 Å². The summed E-state index contributed by atoms with van der Waals surface area (Å²) in [5.74, 6) is -1.54. The Labute approximate surface area is 145 Å². The van der Waals surface area contributed by atoms with Crippen LogP contribution >= 0.6 is 0 Å². The van der Waals surface area contributed by atoms with Crippen LogP contribution in [0.4, 0.5) is 15.8 Å². The number of benzene rings is 2. The summed E-state index contributed by atoms with van der Waals surface area (Å²) in [7, 11) is 0. The Morgan fingerprint density at radius 2 is 1.92 bits per heavy atom. The number of carbonyl (C=O) groups is 2. The molecule has 0 aliphatic rings. The van der Waals surface area contributed by atoms with Gasteiger partial charge in [0, 0.05) is 12.3 Å². The average molecular weight is 342 g/mol. The molecule has 0 aliphatic carbocycles. The molecule has 0 aromatic heterocycles. The van der Waals surface area contributed by atoms with Gasteiger partial charge in [-0.2, -0.15) is 0 Å². The third-order valence-corrected chi connectivity index (χ3v) is 3.35. The van der Waals surface area contributed by atoms with Gasteiger partial charge in [-0.05, 0) is 36.8 Å². The fraction of sp³-hybridized carbons (Fsp3) is 0.158. The molecule has 2 rings (SSSR count). The van der Waals surface area contributed by atoms with Gasteiger partial charge in [-0.3, -0.25) is 9.59 Å². The number of rotatable bonds is 7. The third-order valence-electron chi connectivity index (χ3n) is 3.35. The average Bonchev–Trinajstić information content (AvgIpc) is 2.63. The van der Waals surface area contributed by atoms with E-state index in [-0.39, 0.29) is 11.6 Å². The molecule has 0 heterocycles. The second-order valence-corrected chi connectivity index (χ2v) is 5.12. The van der Waals surface area contributed by atoms with E-state index in [9.17, 15) is 14.0 Å². The van der Waals surface area contributed by atoms with E-state index < -0.39 is 17.8 Å². The van der Waals surface area contributed by atoms with Crippen molar-refractivity contribution in [3.8, 4) is 0 Å². The fourth-order valence-electron chi connectivity index (χ4n) is 2.21. The van der Waals surface area contributed by atoms with Gasteiger partial charge in [-0.1, -0.05) is 36.9 Å². The van der Waals surface area contributed by atoms with Crippen LogP contribution in [0.1, 0.15) is 18.6 Å². The molecule has 6 heteroatoms. The minimum Gasteiger partial charge on any atom is -0.364 e. The van der Waals surface area contributed by atoms with Crippen molar-refractivity contribution in [2.45, 2.75) is 13.0 Å². The highest BCUT2D eigenvalue weighted by Gasteiger charge is 2.21. The predicted molar refractivity (Wildman–Crippen MR) is 94.7 cm³/mol. The van der Waals surface area contributed by atoms with Crippen LogP contribution in [0, 0.1) is 5.82 Å². The minimum absolute atomic E-state index is 0.0460. The van der Waals surface area contributed by atoms with Crippen LogP contribution in [-0.2, 0) is 14.3 Å². The summed E-state index contributed by atoms with van der Waals surface area (Å²) < 4.78 is 19.3. The first-order chi connectivity index (χ1) is 12.0.